The zero-order valence-electron chi connectivity index (χ0n) is 4.44. The van der Waals surface area contributed by atoms with Gasteiger partial charge in [-0.05, 0) is 11.5 Å². The molecule has 0 radical (unpaired) electrons. The highest BCUT2D eigenvalue weighted by molar-refractivity contribution is 7.03. The Morgan fingerprint density at radius 2 is 2.67 bits per heavy atom. The standard InChI is InChI=1S/C4H4N2O2S/c7-4(8)1-3-5-2-9-6-3/h2H,1H2,(H,7,8). The zero-order valence-corrected chi connectivity index (χ0v) is 5.26. The molecule has 0 unspecified atom stereocenters. The number of hydrogen-bond acceptors (Lipinski definition) is 4. The summed E-state index contributed by atoms with van der Waals surface area (Å²) in [5.41, 5.74) is 1.51. The van der Waals surface area contributed by atoms with Gasteiger partial charge in [-0.25, -0.2) is 4.98 Å². The molecule has 1 rings (SSSR count). The third-order valence-electron chi connectivity index (χ3n) is 0.716. The number of nitrogens with zero attached hydrogens (tertiary/aromatic N) is 2. The van der Waals surface area contributed by atoms with Gasteiger partial charge in [0.25, 0.3) is 0 Å². The maximum Gasteiger partial charge on any atom is 0.311 e. The first-order valence-corrected chi connectivity index (χ1v) is 3.10. The van der Waals surface area contributed by atoms with E-state index in [1.807, 2.05) is 0 Å². The first-order valence-electron chi connectivity index (χ1n) is 2.26. The van der Waals surface area contributed by atoms with Crippen LogP contribution in [0.4, 0.5) is 0 Å². The second-order valence-corrected chi connectivity index (χ2v) is 2.02. The number of rotatable bonds is 2. The summed E-state index contributed by atoms with van der Waals surface area (Å²) in [4.78, 5) is 13.7. The van der Waals surface area contributed by atoms with Gasteiger partial charge in [-0.3, -0.25) is 4.79 Å². The first-order chi connectivity index (χ1) is 4.29. The van der Waals surface area contributed by atoms with E-state index in [9.17, 15) is 4.79 Å². The van der Waals surface area contributed by atoms with Gasteiger partial charge in [0.05, 0.1) is 0 Å². The number of aromatic nitrogens is 2. The summed E-state index contributed by atoms with van der Waals surface area (Å²) in [6, 6.07) is 0. The minimum absolute atomic E-state index is 0.0799. The van der Waals surface area contributed by atoms with Crippen LogP contribution in [0.2, 0.25) is 0 Å². The molecule has 0 spiro atoms. The van der Waals surface area contributed by atoms with E-state index in [-0.39, 0.29) is 6.42 Å². The summed E-state index contributed by atoms with van der Waals surface area (Å²) in [6.45, 7) is 0. The SMILES string of the molecule is O=C(O)Cc1ncsn1. The van der Waals surface area contributed by atoms with Crippen LogP contribution in [-0.2, 0) is 11.2 Å². The van der Waals surface area contributed by atoms with Crippen LogP contribution in [0, 0.1) is 0 Å². The molecule has 0 aliphatic heterocycles. The molecule has 48 valence electrons. The van der Waals surface area contributed by atoms with E-state index >= 15 is 0 Å². The summed E-state index contributed by atoms with van der Waals surface area (Å²) >= 11 is 1.16. The zero-order chi connectivity index (χ0) is 6.69. The molecule has 5 heteroatoms. The highest BCUT2D eigenvalue weighted by atomic mass is 32.1. The normalized spacial score (nSPS) is 9.33. The highest BCUT2D eigenvalue weighted by Crippen LogP contribution is 1.93. The summed E-state index contributed by atoms with van der Waals surface area (Å²) < 4.78 is 3.71. The van der Waals surface area contributed by atoms with Gasteiger partial charge in [0.15, 0.2) is 5.82 Å². The minimum atomic E-state index is -0.895. The van der Waals surface area contributed by atoms with Gasteiger partial charge >= 0.3 is 5.97 Å². The van der Waals surface area contributed by atoms with Crippen molar-refractivity contribution in [3.05, 3.63) is 11.3 Å². The van der Waals surface area contributed by atoms with E-state index in [1.165, 1.54) is 5.51 Å². The number of carboxylic acids is 1. The van der Waals surface area contributed by atoms with E-state index in [2.05, 4.69) is 9.36 Å². The Morgan fingerprint density at radius 3 is 3.11 bits per heavy atom. The van der Waals surface area contributed by atoms with Crippen LogP contribution < -0.4 is 0 Å². The summed E-state index contributed by atoms with van der Waals surface area (Å²) in [6.07, 6.45) is -0.0799. The van der Waals surface area contributed by atoms with Crippen molar-refractivity contribution in [2.45, 2.75) is 6.42 Å². The number of hydrogen-bond donors (Lipinski definition) is 1. The molecular weight excluding hydrogens is 140 g/mol. The van der Waals surface area contributed by atoms with Gasteiger partial charge in [-0.15, -0.1) is 0 Å². The smallest absolute Gasteiger partial charge is 0.311 e. The van der Waals surface area contributed by atoms with Gasteiger partial charge in [0.1, 0.15) is 11.9 Å². The molecule has 0 bridgehead atoms. The van der Waals surface area contributed by atoms with E-state index in [4.69, 9.17) is 5.11 Å². The predicted octanol–water partition coefficient (Wildman–Crippen LogP) is 0.165. The van der Waals surface area contributed by atoms with Gasteiger partial charge in [0, 0.05) is 0 Å². The highest BCUT2D eigenvalue weighted by Gasteiger charge is 2.01. The Balaban J connectivity index is 2.58. The van der Waals surface area contributed by atoms with Gasteiger partial charge < -0.3 is 5.11 Å². The lowest BCUT2D eigenvalue weighted by molar-refractivity contribution is -0.136. The minimum Gasteiger partial charge on any atom is -0.481 e. The molecule has 0 aliphatic carbocycles. The largest absolute Gasteiger partial charge is 0.481 e. The molecule has 0 fully saturated rings. The van der Waals surface area contributed by atoms with Crippen LogP contribution >= 0.6 is 11.5 Å². The Kier molecular flexibility index (Phi) is 1.74. The Morgan fingerprint density at radius 1 is 1.89 bits per heavy atom. The quantitative estimate of drug-likeness (QED) is 0.642. The molecule has 0 saturated carbocycles. The van der Waals surface area contributed by atoms with E-state index in [0.717, 1.165) is 11.5 Å². The van der Waals surface area contributed by atoms with E-state index in [1.54, 1.807) is 0 Å². The van der Waals surface area contributed by atoms with Crippen LogP contribution in [0.3, 0.4) is 0 Å². The van der Waals surface area contributed by atoms with Crippen LogP contribution in [0.1, 0.15) is 5.82 Å². The van der Waals surface area contributed by atoms with Crippen LogP contribution in [0.5, 0.6) is 0 Å². The van der Waals surface area contributed by atoms with Crippen molar-refractivity contribution < 1.29 is 9.90 Å². The van der Waals surface area contributed by atoms with Crippen LogP contribution in [0.15, 0.2) is 5.51 Å². The lowest BCUT2D eigenvalue weighted by Gasteiger charge is -1.82. The molecule has 1 heterocycles. The lowest BCUT2D eigenvalue weighted by atomic mass is 10.4. The van der Waals surface area contributed by atoms with Crippen LogP contribution in [-0.4, -0.2) is 20.4 Å². The Hall–Kier alpha value is -0.970. The van der Waals surface area contributed by atoms with Crippen molar-refractivity contribution in [1.29, 1.82) is 0 Å². The molecule has 0 saturated heterocycles. The van der Waals surface area contributed by atoms with Gasteiger partial charge in [-0.1, -0.05) is 0 Å². The topological polar surface area (TPSA) is 63.1 Å². The van der Waals surface area contributed by atoms with Crippen molar-refractivity contribution in [2.75, 3.05) is 0 Å². The average molecular weight is 144 g/mol. The maximum atomic E-state index is 9.99. The third-order valence-corrected chi connectivity index (χ3v) is 1.23. The first kappa shape index (κ1) is 6.15. The molecular formula is C4H4N2O2S. The molecule has 1 aromatic rings. The number of carbonyl (C=O) groups is 1. The monoisotopic (exact) mass is 144 g/mol. The fourth-order valence-corrected chi connectivity index (χ4v) is 0.855. The van der Waals surface area contributed by atoms with Crippen molar-refractivity contribution in [1.82, 2.24) is 9.36 Å². The summed E-state index contributed by atoms with van der Waals surface area (Å²) in [5, 5.41) is 8.21. The van der Waals surface area contributed by atoms with E-state index in [0.29, 0.717) is 5.82 Å². The molecule has 0 amide bonds. The molecule has 0 aromatic carbocycles. The summed E-state index contributed by atoms with van der Waals surface area (Å²) in [5.74, 6) is -0.513. The van der Waals surface area contributed by atoms with Crippen molar-refractivity contribution in [3.63, 3.8) is 0 Å². The van der Waals surface area contributed by atoms with Crippen molar-refractivity contribution in [2.24, 2.45) is 0 Å². The number of aliphatic carboxylic acids is 1. The molecule has 1 aromatic heterocycles. The third kappa shape index (κ3) is 1.77. The van der Waals surface area contributed by atoms with E-state index < -0.39 is 5.97 Å². The number of carboxylic acid groups (broad SMARTS) is 1. The van der Waals surface area contributed by atoms with Crippen LogP contribution in [0.25, 0.3) is 0 Å². The molecule has 0 atom stereocenters. The predicted molar refractivity (Wildman–Crippen MR) is 31.2 cm³/mol. The second-order valence-electron chi connectivity index (χ2n) is 1.42. The fourth-order valence-electron chi connectivity index (χ4n) is 0.406. The molecule has 4 nitrogen and oxygen atoms in total. The van der Waals surface area contributed by atoms with Crippen molar-refractivity contribution >= 4 is 17.5 Å². The summed E-state index contributed by atoms with van der Waals surface area (Å²) in [7, 11) is 0. The maximum absolute atomic E-state index is 9.99. The molecule has 9 heavy (non-hydrogen) atoms. The van der Waals surface area contributed by atoms with Gasteiger partial charge in [-0.2, -0.15) is 4.37 Å². The second kappa shape index (κ2) is 2.54. The average Bonchev–Trinajstić information content (AvgIpc) is 2.15. The van der Waals surface area contributed by atoms with Crippen molar-refractivity contribution in [3.8, 4) is 0 Å². The lowest BCUT2D eigenvalue weighted by Crippen LogP contribution is -2.00. The molecule has 0 aliphatic rings. The molecule has 1 N–H and O–H groups in total. The Labute approximate surface area is 55.3 Å². The fraction of sp³-hybridized carbons (Fsp3) is 0.250. The van der Waals surface area contributed by atoms with Gasteiger partial charge in [0.2, 0.25) is 0 Å². The Bertz CT molecular complexity index is 196.